The van der Waals surface area contributed by atoms with E-state index >= 15 is 0 Å². The van der Waals surface area contributed by atoms with Crippen molar-refractivity contribution in [2.75, 3.05) is 20.1 Å². The van der Waals surface area contributed by atoms with Gasteiger partial charge in [0, 0.05) is 7.05 Å². The number of halogens is 1. The van der Waals surface area contributed by atoms with Crippen LogP contribution in [0.2, 0.25) is 0 Å². The van der Waals surface area contributed by atoms with Crippen LogP contribution in [0.4, 0.5) is 0 Å². The van der Waals surface area contributed by atoms with Crippen molar-refractivity contribution < 1.29 is 9.59 Å². The SMILES string of the molecule is CC(C)C(c1ccccc1)N(C)C(=O)CNC(=O)CN.Cl. The van der Waals surface area contributed by atoms with E-state index < -0.39 is 0 Å². The van der Waals surface area contributed by atoms with Gasteiger partial charge >= 0.3 is 0 Å². The van der Waals surface area contributed by atoms with Crippen LogP contribution in [-0.4, -0.2) is 36.9 Å². The van der Waals surface area contributed by atoms with Crippen LogP contribution in [0.15, 0.2) is 30.3 Å². The molecule has 0 saturated carbocycles. The molecule has 3 N–H and O–H groups in total. The maximum atomic E-state index is 12.2. The molecular weight excluding hydrogens is 290 g/mol. The van der Waals surface area contributed by atoms with Crippen molar-refractivity contribution in [2.24, 2.45) is 11.7 Å². The molecule has 21 heavy (non-hydrogen) atoms. The number of hydrogen-bond acceptors (Lipinski definition) is 3. The predicted octanol–water partition coefficient (Wildman–Crippen LogP) is 1.34. The van der Waals surface area contributed by atoms with Crippen molar-refractivity contribution in [3.05, 3.63) is 35.9 Å². The number of hydrogen-bond donors (Lipinski definition) is 2. The summed E-state index contributed by atoms with van der Waals surface area (Å²) < 4.78 is 0. The standard InChI is InChI=1S/C15H23N3O2.ClH/c1-11(2)15(12-7-5-4-6-8-12)18(3)14(20)10-17-13(19)9-16;/h4-8,11,15H,9-10,16H2,1-3H3,(H,17,19);1H. The van der Waals surface area contributed by atoms with Crippen LogP contribution in [0.25, 0.3) is 0 Å². The Morgan fingerprint density at radius 1 is 1.24 bits per heavy atom. The van der Waals surface area contributed by atoms with E-state index in [4.69, 9.17) is 5.73 Å². The van der Waals surface area contributed by atoms with E-state index in [1.807, 2.05) is 30.3 Å². The lowest BCUT2D eigenvalue weighted by Crippen LogP contribution is -2.42. The Balaban J connectivity index is 0.00000400. The average Bonchev–Trinajstić information content (AvgIpc) is 2.45. The van der Waals surface area contributed by atoms with Gasteiger partial charge in [0.1, 0.15) is 0 Å². The lowest BCUT2D eigenvalue weighted by atomic mass is 9.94. The second kappa shape index (κ2) is 9.37. The zero-order valence-corrected chi connectivity index (χ0v) is 13.5. The smallest absolute Gasteiger partial charge is 0.242 e. The molecule has 0 fully saturated rings. The Morgan fingerprint density at radius 2 is 1.81 bits per heavy atom. The number of carbonyl (C=O) groups is 2. The number of carbonyl (C=O) groups excluding carboxylic acids is 2. The third-order valence-electron chi connectivity index (χ3n) is 3.21. The minimum Gasteiger partial charge on any atom is -0.346 e. The molecule has 0 spiro atoms. The Labute approximate surface area is 132 Å². The molecule has 1 rings (SSSR count). The van der Waals surface area contributed by atoms with Gasteiger partial charge < -0.3 is 16.0 Å². The van der Waals surface area contributed by atoms with Crippen LogP contribution in [0.3, 0.4) is 0 Å². The second-order valence-corrected chi connectivity index (χ2v) is 5.09. The van der Waals surface area contributed by atoms with Crippen LogP contribution in [0, 0.1) is 5.92 Å². The van der Waals surface area contributed by atoms with E-state index in [2.05, 4.69) is 19.2 Å². The fourth-order valence-electron chi connectivity index (χ4n) is 2.23. The first kappa shape index (κ1) is 19.4. The second-order valence-electron chi connectivity index (χ2n) is 5.09. The Bertz CT molecular complexity index is 451. The van der Waals surface area contributed by atoms with Gasteiger partial charge in [-0.1, -0.05) is 44.2 Å². The fraction of sp³-hybridized carbons (Fsp3) is 0.467. The summed E-state index contributed by atoms with van der Waals surface area (Å²) >= 11 is 0. The molecule has 0 bridgehead atoms. The summed E-state index contributed by atoms with van der Waals surface area (Å²) in [4.78, 5) is 24.9. The van der Waals surface area contributed by atoms with Crippen molar-refractivity contribution in [3.63, 3.8) is 0 Å². The molecule has 1 unspecified atom stereocenters. The summed E-state index contributed by atoms with van der Waals surface area (Å²) in [5, 5.41) is 2.50. The molecule has 5 nitrogen and oxygen atoms in total. The third kappa shape index (κ3) is 5.73. The number of nitrogens with zero attached hydrogens (tertiary/aromatic N) is 1. The van der Waals surface area contributed by atoms with Crippen molar-refractivity contribution in [1.82, 2.24) is 10.2 Å². The molecule has 0 saturated heterocycles. The molecule has 0 aliphatic rings. The van der Waals surface area contributed by atoms with Gasteiger partial charge in [-0.15, -0.1) is 12.4 Å². The van der Waals surface area contributed by atoms with Crippen LogP contribution in [0.1, 0.15) is 25.5 Å². The molecule has 1 aromatic rings. The largest absolute Gasteiger partial charge is 0.346 e. The van der Waals surface area contributed by atoms with Gasteiger partial charge in [-0.25, -0.2) is 0 Å². The fourth-order valence-corrected chi connectivity index (χ4v) is 2.23. The summed E-state index contributed by atoms with van der Waals surface area (Å²) in [6.07, 6.45) is 0. The maximum absolute atomic E-state index is 12.2. The number of likely N-dealkylation sites (N-methyl/N-ethyl adjacent to an activating group) is 1. The van der Waals surface area contributed by atoms with Crippen molar-refractivity contribution in [3.8, 4) is 0 Å². The molecule has 1 aromatic carbocycles. The van der Waals surface area contributed by atoms with E-state index in [1.165, 1.54) is 0 Å². The first-order valence-electron chi connectivity index (χ1n) is 6.74. The highest BCUT2D eigenvalue weighted by atomic mass is 35.5. The average molecular weight is 314 g/mol. The lowest BCUT2D eigenvalue weighted by molar-refractivity contribution is -0.134. The highest BCUT2D eigenvalue weighted by Crippen LogP contribution is 2.27. The molecule has 0 aliphatic heterocycles. The minimum atomic E-state index is -0.326. The monoisotopic (exact) mass is 313 g/mol. The highest BCUT2D eigenvalue weighted by Gasteiger charge is 2.24. The van der Waals surface area contributed by atoms with Crippen molar-refractivity contribution in [1.29, 1.82) is 0 Å². The maximum Gasteiger partial charge on any atom is 0.242 e. The topological polar surface area (TPSA) is 75.4 Å². The molecule has 0 radical (unpaired) electrons. The number of rotatable bonds is 6. The van der Waals surface area contributed by atoms with Gasteiger partial charge in [0.2, 0.25) is 11.8 Å². The van der Waals surface area contributed by atoms with Gasteiger partial charge in [-0.2, -0.15) is 0 Å². The zero-order valence-electron chi connectivity index (χ0n) is 12.7. The van der Waals surface area contributed by atoms with Crippen LogP contribution >= 0.6 is 12.4 Å². The summed E-state index contributed by atoms with van der Waals surface area (Å²) in [6, 6.07) is 9.86. The highest BCUT2D eigenvalue weighted by molar-refractivity contribution is 5.85. The zero-order chi connectivity index (χ0) is 15.1. The summed E-state index contributed by atoms with van der Waals surface area (Å²) in [5.41, 5.74) is 6.28. The van der Waals surface area contributed by atoms with Gasteiger partial charge in [0.25, 0.3) is 0 Å². The van der Waals surface area contributed by atoms with Crippen LogP contribution in [-0.2, 0) is 9.59 Å². The van der Waals surface area contributed by atoms with E-state index in [0.29, 0.717) is 0 Å². The van der Waals surface area contributed by atoms with Crippen molar-refractivity contribution >= 4 is 24.2 Å². The van der Waals surface area contributed by atoms with E-state index in [1.54, 1.807) is 11.9 Å². The summed E-state index contributed by atoms with van der Waals surface area (Å²) in [7, 11) is 1.76. The molecule has 1 atom stereocenters. The Kier molecular flexibility index (Phi) is 8.66. The number of amides is 2. The molecule has 0 aromatic heterocycles. The first-order valence-corrected chi connectivity index (χ1v) is 6.74. The minimum absolute atomic E-state index is 0. The number of nitrogens with one attached hydrogen (secondary N) is 1. The van der Waals surface area contributed by atoms with E-state index in [0.717, 1.165) is 5.56 Å². The molecule has 0 heterocycles. The van der Waals surface area contributed by atoms with Gasteiger partial charge in [0.05, 0.1) is 19.1 Å². The van der Waals surface area contributed by atoms with E-state index in [9.17, 15) is 9.59 Å². The molecular formula is C15H24ClN3O2. The third-order valence-corrected chi connectivity index (χ3v) is 3.21. The summed E-state index contributed by atoms with van der Waals surface area (Å²) in [5.74, 6) is -0.182. The quantitative estimate of drug-likeness (QED) is 0.832. The summed E-state index contributed by atoms with van der Waals surface area (Å²) in [6.45, 7) is 4.01. The Morgan fingerprint density at radius 3 is 2.29 bits per heavy atom. The molecule has 2 amide bonds. The Hall–Kier alpha value is -1.59. The molecule has 118 valence electrons. The van der Waals surface area contributed by atoms with Gasteiger partial charge in [0.15, 0.2) is 0 Å². The number of benzene rings is 1. The van der Waals surface area contributed by atoms with Gasteiger partial charge in [-0.05, 0) is 11.5 Å². The molecule has 0 aliphatic carbocycles. The van der Waals surface area contributed by atoms with Crippen LogP contribution < -0.4 is 11.1 Å². The molecule has 6 heteroatoms. The lowest BCUT2D eigenvalue weighted by Gasteiger charge is -2.32. The van der Waals surface area contributed by atoms with Crippen molar-refractivity contribution in [2.45, 2.75) is 19.9 Å². The first-order chi connectivity index (χ1) is 9.47. The van der Waals surface area contributed by atoms with Gasteiger partial charge in [-0.3, -0.25) is 9.59 Å². The normalized spacial score (nSPS) is 11.5. The van der Waals surface area contributed by atoms with E-state index in [-0.39, 0.29) is 49.3 Å². The van der Waals surface area contributed by atoms with Crippen LogP contribution in [0.5, 0.6) is 0 Å². The predicted molar refractivity (Wildman–Crippen MR) is 86.1 cm³/mol. The number of nitrogens with two attached hydrogens (primary N) is 1.